The highest BCUT2D eigenvalue weighted by atomic mass is 16.2. The lowest BCUT2D eigenvalue weighted by Crippen LogP contribution is -2.56. The summed E-state index contributed by atoms with van der Waals surface area (Å²) in [5, 5.41) is 7.53. The number of carbonyl (C=O) groups excluding carboxylic acids is 1. The molecule has 21 heavy (non-hydrogen) atoms. The number of nitrogens with zero attached hydrogens (tertiary/aromatic N) is 3. The molecule has 1 fully saturated rings. The van der Waals surface area contributed by atoms with E-state index >= 15 is 0 Å². The summed E-state index contributed by atoms with van der Waals surface area (Å²) in [5.74, 6) is -0.00543. The number of nitrogens with one attached hydrogen (secondary N) is 1. The number of amides is 1. The second kappa shape index (κ2) is 6.07. The van der Waals surface area contributed by atoms with Crippen molar-refractivity contribution in [3.63, 3.8) is 0 Å². The van der Waals surface area contributed by atoms with Crippen LogP contribution in [0.1, 0.15) is 10.4 Å². The summed E-state index contributed by atoms with van der Waals surface area (Å²) in [6.07, 6.45) is 3.39. The zero-order valence-corrected chi connectivity index (χ0v) is 11.8. The van der Waals surface area contributed by atoms with Crippen molar-refractivity contribution in [1.82, 2.24) is 20.0 Å². The Morgan fingerprint density at radius 1 is 1.38 bits per heavy atom. The summed E-state index contributed by atoms with van der Waals surface area (Å²) < 4.78 is 1.72. The first kappa shape index (κ1) is 13.8. The molecule has 6 nitrogen and oxygen atoms in total. The van der Waals surface area contributed by atoms with Crippen molar-refractivity contribution in [1.29, 1.82) is 0 Å². The van der Waals surface area contributed by atoms with Crippen LogP contribution in [0.2, 0.25) is 0 Å². The van der Waals surface area contributed by atoms with E-state index in [9.17, 15) is 4.79 Å². The molecule has 0 aliphatic carbocycles. The molecular formula is C15H19N5O. The number of carbonyl (C=O) groups is 1. The maximum absolute atomic E-state index is 12.6. The second-order valence-electron chi connectivity index (χ2n) is 5.10. The Labute approximate surface area is 123 Å². The fourth-order valence-electron chi connectivity index (χ4n) is 2.56. The first-order chi connectivity index (χ1) is 10.3. The van der Waals surface area contributed by atoms with E-state index in [0.717, 1.165) is 18.8 Å². The van der Waals surface area contributed by atoms with Crippen LogP contribution in [0.15, 0.2) is 42.7 Å². The third-order valence-corrected chi connectivity index (χ3v) is 3.73. The molecule has 0 radical (unpaired) electrons. The number of hydrogen-bond acceptors (Lipinski definition) is 4. The van der Waals surface area contributed by atoms with E-state index in [0.29, 0.717) is 18.7 Å². The average molecular weight is 285 g/mol. The molecule has 1 saturated heterocycles. The molecule has 1 aromatic heterocycles. The Bertz CT molecular complexity index is 610. The van der Waals surface area contributed by atoms with Crippen molar-refractivity contribution in [3.05, 3.63) is 48.3 Å². The van der Waals surface area contributed by atoms with E-state index in [1.807, 2.05) is 35.2 Å². The maximum atomic E-state index is 12.6. The summed E-state index contributed by atoms with van der Waals surface area (Å²) >= 11 is 0. The number of hydrogen-bond donors (Lipinski definition) is 2. The summed E-state index contributed by atoms with van der Waals surface area (Å²) in [6, 6.07) is 9.79. The van der Waals surface area contributed by atoms with Crippen LogP contribution in [-0.2, 0) is 0 Å². The molecule has 110 valence electrons. The lowest BCUT2D eigenvalue weighted by molar-refractivity contribution is 0.0645. The van der Waals surface area contributed by atoms with Crippen LogP contribution in [0.3, 0.4) is 0 Å². The molecule has 1 aliphatic rings. The predicted molar refractivity (Wildman–Crippen MR) is 80.3 cm³/mol. The smallest absolute Gasteiger partial charge is 0.257 e. The van der Waals surface area contributed by atoms with Crippen molar-refractivity contribution in [3.8, 4) is 5.69 Å². The third kappa shape index (κ3) is 2.81. The normalized spacial score (nSPS) is 18.7. The number of aromatic nitrogens is 2. The Balaban J connectivity index is 1.81. The van der Waals surface area contributed by atoms with Gasteiger partial charge >= 0.3 is 0 Å². The standard InChI is InChI=1S/C15H19N5O/c16-8-14-10-17-6-7-19(14)15(21)12-9-18-20(11-12)13-4-2-1-3-5-13/h1-5,9,11,14,17H,6-8,10,16H2. The monoisotopic (exact) mass is 285 g/mol. The highest BCUT2D eigenvalue weighted by molar-refractivity contribution is 5.94. The number of piperazine rings is 1. The van der Waals surface area contributed by atoms with Crippen LogP contribution in [-0.4, -0.2) is 52.8 Å². The molecule has 3 rings (SSSR count). The summed E-state index contributed by atoms with van der Waals surface area (Å²) in [5.41, 5.74) is 7.28. The lowest BCUT2D eigenvalue weighted by Gasteiger charge is -2.35. The van der Waals surface area contributed by atoms with Crippen molar-refractivity contribution < 1.29 is 4.79 Å². The quantitative estimate of drug-likeness (QED) is 0.847. The minimum absolute atomic E-state index is 0.00543. The molecule has 1 aliphatic heterocycles. The highest BCUT2D eigenvalue weighted by Crippen LogP contribution is 2.12. The fraction of sp³-hybridized carbons (Fsp3) is 0.333. The molecule has 0 spiro atoms. The topological polar surface area (TPSA) is 76.2 Å². The molecule has 2 heterocycles. The molecule has 0 bridgehead atoms. The van der Waals surface area contributed by atoms with E-state index in [-0.39, 0.29) is 11.9 Å². The molecule has 2 aromatic rings. The first-order valence-corrected chi connectivity index (χ1v) is 7.11. The SMILES string of the molecule is NCC1CNCCN1C(=O)c1cnn(-c2ccccc2)c1. The zero-order chi connectivity index (χ0) is 14.7. The van der Waals surface area contributed by atoms with Gasteiger partial charge in [0.1, 0.15) is 0 Å². The van der Waals surface area contributed by atoms with E-state index in [1.54, 1.807) is 17.1 Å². The van der Waals surface area contributed by atoms with Crippen LogP contribution >= 0.6 is 0 Å². The lowest BCUT2D eigenvalue weighted by atomic mass is 10.1. The minimum atomic E-state index is -0.00543. The maximum Gasteiger partial charge on any atom is 0.257 e. The number of para-hydroxylation sites is 1. The Morgan fingerprint density at radius 3 is 2.95 bits per heavy atom. The van der Waals surface area contributed by atoms with Crippen LogP contribution in [0.4, 0.5) is 0 Å². The van der Waals surface area contributed by atoms with Gasteiger partial charge in [-0.3, -0.25) is 4.79 Å². The van der Waals surface area contributed by atoms with Gasteiger partial charge in [0.2, 0.25) is 0 Å². The third-order valence-electron chi connectivity index (χ3n) is 3.73. The molecule has 0 saturated carbocycles. The summed E-state index contributed by atoms with van der Waals surface area (Å²) in [4.78, 5) is 14.4. The first-order valence-electron chi connectivity index (χ1n) is 7.11. The number of benzene rings is 1. The van der Waals surface area contributed by atoms with Gasteiger partial charge in [-0.2, -0.15) is 5.10 Å². The van der Waals surface area contributed by atoms with Gasteiger partial charge in [-0.25, -0.2) is 4.68 Å². The molecule has 1 amide bonds. The number of nitrogens with two attached hydrogens (primary N) is 1. The molecule has 1 aromatic carbocycles. The largest absolute Gasteiger partial charge is 0.332 e. The molecule has 3 N–H and O–H groups in total. The second-order valence-corrected chi connectivity index (χ2v) is 5.10. The van der Waals surface area contributed by atoms with Crippen LogP contribution in [0.25, 0.3) is 5.69 Å². The van der Waals surface area contributed by atoms with Gasteiger partial charge in [0.15, 0.2) is 0 Å². The number of rotatable bonds is 3. The van der Waals surface area contributed by atoms with Crippen molar-refractivity contribution >= 4 is 5.91 Å². The van der Waals surface area contributed by atoms with Crippen LogP contribution in [0, 0.1) is 0 Å². The Kier molecular flexibility index (Phi) is 3.98. The van der Waals surface area contributed by atoms with Gasteiger partial charge in [0, 0.05) is 32.4 Å². The van der Waals surface area contributed by atoms with Gasteiger partial charge in [0.05, 0.1) is 23.5 Å². The van der Waals surface area contributed by atoms with Crippen LogP contribution < -0.4 is 11.1 Å². The van der Waals surface area contributed by atoms with E-state index in [4.69, 9.17) is 5.73 Å². The van der Waals surface area contributed by atoms with Crippen molar-refractivity contribution in [2.75, 3.05) is 26.2 Å². The van der Waals surface area contributed by atoms with Gasteiger partial charge in [-0.1, -0.05) is 18.2 Å². The van der Waals surface area contributed by atoms with Gasteiger partial charge in [-0.15, -0.1) is 0 Å². The molecule has 6 heteroatoms. The van der Waals surface area contributed by atoms with Crippen molar-refractivity contribution in [2.24, 2.45) is 5.73 Å². The predicted octanol–water partition coefficient (Wildman–Crippen LogP) is 0.245. The molecular weight excluding hydrogens is 266 g/mol. The highest BCUT2D eigenvalue weighted by Gasteiger charge is 2.27. The van der Waals surface area contributed by atoms with E-state index in [1.165, 1.54) is 0 Å². The average Bonchev–Trinajstić information content (AvgIpc) is 3.05. The zero-order valence-electron chi connectivity index (χ0n) is 11.8. The van der Waals surface area contributed by atoms with Gasteiger partial charge in [0.25, 0.3) is 5.91 Å². The molecule has 1 atom stereocenters. The van der Waals surface area contributed by atoms with E-state index < -0.39 is 0 Å². The van der Waals surface area contributed by atoms with E-state index in [2.05, 4.69) is 10.4 Å². The molecule has 1 unspecified atom stereocenters. The van der Waals surface area contributed by atoms with Crippen molar-refractivity contribution in [2.45, 2.75) is 6.04 Å². The fourth-order valence-corrected chi connectivity index (χ4v) is 2.56. The Morgan fingerprint density at radius 2 is 2.19 bits per heavy atom. The van der Waals surface area contributed by atoms with Crippen LogP contribution in [0.5, 0.6) is 0 Å². The Hall–Kier alpha value is -2.18. The summed E-state index contributed by atoms with van der Waals surface area (Å²) in [6.45, 7) is 2.69. The van der Waals surface area contributed by atoms with Gasteiger partial charge in [-0.05, 0) is 12.1 Å². The van der Waals surface area contributed by atoms with Gasteiger partial charge < -0.3 is 16.0 Å². The summed E-state index contributed by atoms with van der Waals surface area (Å²) in [7, 11) is 0. The minimum Gasteiger partial charge on any atom is -0.332 e.